The Hall–Kier alpha value is -2.69. The summed E-state index contributed by atoms with van der Waals surface area (Å²) in [6.07, 6.45) is 4.93. The molecule has 0 spiro atoms. The van der Waals surface area contributed by atoms with Crippen LogP contribution in [0.4, 0.5) is 5.69 Å². The summed E-state index contributed by atoms with van der Waals surface area (Å²) in [6, 6.07) is 9.71. The van der Waals surface area contributed by atoms with Crippen molar-refractivity contribution in [2.24, 2.45) is 0 Å². The fourth-order valence-corrected chi connectivity index (χ4v) is 3.31. The van der Waals surface area contributed by atoms with Crippen molar-refractivity contribution >= 4 is 17.5 Å². The molecule has 0 aliphatic carbocycles. The normalized spacial score (nSPS) is 16.9. The van der Waals surface area contributed by atoms with Crippen LogP contribution in [0.2, 0.25) is 0 Å². The molecule has 1 fully saturated rings. The van der Waals surface area contributed by atoms with Gasteiger partial charge in [0.25, 0.3) is 0 Å². The maximum absolute atomic E-state index is 12.6. The van der Waals surface area contributed by atoms with E-state index < -0.39 is 11.8 Å². The van der Waals surface area contributed by atoms with E-state index in [2.05, 4.69) is 28.5 Å². The Kier molecular flexibility index (Phi) is 4.60. The molecule has 0 radical (unpaired) electrons. The Morgan fingerprint density at radius 2 is 1.96 bits per heavy atom. The zero-order chi connectivity index (χ0) is 17.1. The molecule has 0 unspecified atom stereocenters. The van der Waals surface area contributed by atoms with E-state index in [1.165, 1.54) is 17.3 Å². The van der Waals surface area contributed by atoms with Gasteiger partial charge in [0, 0.05) is 12.7 Å². The zero-order valence-corrected chi connectivity index (χ0v) is 14.0. The number of pyridine rings is 1. The minimum atomic E-state index is -0.612. The lowest BCUT2D eigenvalue weighted by Crippen LogP contribution is -2.39. The van der Waals surface area contributed by atoms with Crippen molar-refractivity contribution in [3.8, 4) is 0 Å². The smallest absolute Gasteiger partial charge is 0.313 e. The van der Waals surface area contributed by atoms with Gasteiger partial charge in [-0.1, -0.05) is 29.3 Å². The number of carbonyl (C=O) groups excluding carboxylic acids is 2. The van der Waals surface area contributed by atoms with E-state index in [-0.39, 0.29) is 6.04 Å². The van der Waals surface area contributed by atoms with Gasteiger partial charge in [0.2, 0.25) is 0 Å². The highest BCUT2D eigenvalue weighted by Gasteiger charge is 2.33. The van der Waals surface area contributed by atoms with E-state index >= 15 is 0 Å². The highest BCUT2D eigenvalue weighted by atomic mass is 16.2. The molecular weight excluding hydrogens is 302 g/mol. The summed E-state index contributed by atoms with van der Waals surface area (Å²) < 4.78 is 0. The van der Waals surface area contributed by atoms with Crippen molar-refractivity contribution < 1.29 is 9.59 Å². The Labute approximate surface area is 141 Å². The fraction of sp³-hybridized carbons (Fsp3) is 0.316. The van der Waals surface area contributed by atoms with Gasteiger partial charge < -0.3 is 10.2 Å². The van der Waals surface area contributed by atoms with Crippen LogP contribution in [-0.2, 0) is 9.59 Å². The number of nitrogens with one attached hydrogen (secondary N) is 1. The summed E-state index contributed by atoms with van der Waals surface area (Å²) in [4.78, 5) is 30.5. The Bertz CT molecular complexity index is 738. The van der Waals surface area contributed by atoms with E-state index in [9.17, 15) is 9.59 Å². The molecule has 2 amide bonds. The monoisotopic (exact) mass is 323 g/mol. The van der Waals surface area contributed by atoms with E-state index in [0.717, 1.165) is 18.4 Å². The summed E-state index contributed by atoms with van der Waals surface area (Å²) in [6.45, 7) is 4.70. The molecule has 1 N–H and O–H groups in total. The third kappa shape index (κ3) is 3.45. The number of benzene rings is 1. The predicted octanol–water partition coefficient (Wildman–Crippen LogP) is 3.00. The van der Waals surface area contributed by atoms with Crippen LogP contribution >= 0.6 is 0 Å². The van der Waals surface area contributed by atoms with Crippen LogP contribution in [0.5, 0.6) is 0 Å². The van der Waals surface area contributed by atoms with Crippen LogP contribution < -0.4 is 5.32 Å². The average Bonchev–Trinajstić information content (AvgIpc) is 3.03. The maximum Gasteiger partial charge on any atom is 0.313 e. The molecule has 1 aliphatic rings. The van der Waals surface area contributed by atoms with Gasteiger partial charge in [-0.25, -0.2) is 0 Å². The molecule has 5 nitrogen and oxygen atoms in total. The number of anilines is 1. The largest absolute Gasteiger partial charge is 0.327 e. The topological polar surface area (TPSA) is 62.3 Å². The van der Waals surface area contributed by atoms with Gasteiger partial charge in [0.15, 0.2) is 0 Å². The molecule has 1 aromatic carbocycles. The first-order valence-electron chi connectivity index (χ1n) is 8.15. The number of amides is 2. The van der Waals surface area contributed by atoms with Gasteiger partial charge in [0.1, 0.15) is 0 Å². The van der Waals surface area contributed by atoms with Crippen molar-refractivity contribution in [3.63, 3.8) is 0 Å². The highest BCUT2D eigenvalue weighted by molar-refractivity contribution is 6.39. The van der Waals surface area contributed by atoms with E-state index in [1.807, 2.05) is 13.8 Å². The quantitative estimate of drug-likeness (QED) is 0.864. The number of likely N-dealkylation sites (tertiary alicyclic amines) is 1. The van der Waals surface area contributed by atoms with Crippen molar-refractivity contribution in [1.82, 2.24) is 9.88 Å². The van der Waals surface area contributed by atoms with Crippen LogP contribution in [0.25, 0.3) is 0 Å². The summed E-state index contributed by atoms with van der Waals surface area (Å²) in [5, 5.41) is 2.62. The average molecular weight is 323 g/mol. The predicted molar refractivity (Wildman–Crippen MR) is 92.5 cm³/mol. The summed E-state index contributed by atoms with van der Waals surface area (Å²) >= 11 is 0. The van der Waals surface area contributed by atoms with Crippen molar-refractivity contribution in [1.29, 1.82) is 0 Å². The number of hydrogen-bond donors (Lipinski definition) is 1. The molecule has 3 rings (SSSR count). The van der Waals surface area contributed by atoms with Crippen molar-refractivity contribution in [2.75, 3.05) is 11.9 Å². The van der Waals surface area contributed by atoms with Crippen LogP contribution in [0.3, 0.4) is 0 Å². The van der Waals surface area contributed by atoms with Gasteiger partial charge in [-0.2, -0.15) is 0 Å². The molecular formula is C19H21N3O2. The second-order valence-electron chi connectivity index (χ2n) is 6.27. The van der Waals surface area contributed by atoms with Gasteiger partial charge in [-0.15, -0.1) is 0 Å². The second-order valence-corrected chi connectivity index (χ2v) is 6.27. The minimum absolute atomic E-state index is 0.0317. The van der Waals surface area contributed by atoms with Gasteiger partial charge in [-0.3, -0.25) is 14.6 Å². The van der Waals surface area contributed by atoms with Crippen LogP contribution in [0.15, 0.2) is 42.7 Å². The second kappa shape index (κ2) is 6.83. The third-order valence-corrected chi connectivity index (χ3v) is 4.26. The van der Waals surface area contributed by atoms with Crippen molar-refractivity contribution in [2.45, 2.75) is 32.7 Å². The molecule has 1 atom stereocenters. The molecule has 124 valence electrons. The number of carbonyl (C=O) groups is 2. The van der Waals surface area contributed by atoms with E-state index in [0.29, 0.717) is 12.2 Å². The summed E-state index contributed by atoms with van der Waals surface area (Å²) in [5.41, 5.74) is 3.97. The lowest BCUT2D eigenvalue weighted by atomic mass is 9.99. The number of hydrogen-bond acceptors (Lipinski definition) is 3. The Morgan fingerprint density at radius 3 is 2.62 bits per heavy atom. The number of rotatable bonds is 2. The van der Waals surface area contributed by atoms with E-state index in [4.69, 9.17) is 0 Å². The molecule has 0 bridgehead atoms. The van der Waals surface area contributed by atoms with Gasteiger partial charge >= 0.3 is 11.8 Å². The standard InChI is InChI=1S/C19H21N3O2/c1-13-9-14(2)11-15(10-13)17-6-4-8-22(17)19(24)18(23)21-16-5-3-7-20-12-16/h3,5,7,9-12,17H,4,6,8H2,1-2H3,(H,21,23)/t17-/m1/s1. The third-order valence-electron chi connectivity index (χ3n) is 4.26. The fourth-order valence-electron chi connectivity index (χ4n) is 3.31. The van der Waals surface area contributed by atoms with Crippen LogP contribution in [0.1, 0.15) is 35.6 Å². The Morgan fingerprint density at radius 1 is 1.21 bits per heavy atom. The molecule has 1 aliphatic heterocycles. The molecule has 1 aromatic heterocycles. The maximum atomic E-state index is 12.6. The summed E-state index contributed by atoms with van der Waals surface area (Å²) in [5.74, 6) is -1.10. The molecule has 2 aromatic rings. The lowest BCUT2D eigenvalue weighted by molar-refractivity contribution is -0.143. The first-order valence-corrected chi connectivity index (χ1v) is 8.15. The van der Waals surface area contributed by atoms with E-state index in [1.54, 1.807) is 23.2 Å². The first kappa shape index (κ1) is 16.2. The highest BCUT2D eigenvalue weighted by Crippen LogP contribution is 2.33. The van der Waals surface area contributed by atoms with Gasteiger partial charge in [-0.05, 0) is 44.4 Å². The number of aromatic nitrogens is 1. The molecule has 24 heavy (non-hydrogen) atoms. The molecule has 0 saturated carbocycles. The van der Waals surface area contributed by atoms with Crippen LogP contribution in [0, 0.1) is 13.8 Å². The number of nitrogens with zero attached hydrogens (tertiary/aromatic N) is 2. The van der Waals surface area contributed by atoms with Crippen LogP contribution in [-0.4, -0.2) is 28.2 Å². The zero-order valence-electron chi connectivity index (χ0n) is 14.0. The minimum Gasteiger partial charge on any atom is -0.327 e. The number of aryl methyl sites for hydroxylation is 2. The molecule has 1 saturated heterocycles. The Balaban J connectivity index is 1.77. The van der Waals surface area contributed by atoms with Gasteiger partial charge in [0.05, 0.1) is 17.9 Å². The van der Waals surface area contributed by atoms with Crippen molar-refractivity contribution in [3.05, 3.63) is 59.4 Å². The SMILES string of the molecule is Cc1cc(C)cc([C@H]2CCCN2C(=O)C(=O)Nc2cccnc2)c1. The summed E-state index contributed by atoms with van der Waals surface area (Å²) in [7, 11) is 0. The molecule has 2 heterocycles. The molecule has 5 heteroatoms. The lowest BCUT2D eigenvalue weighted by Gasteiger charge is -2.25. The first-order chi connectivity index (χ1) is 11.5.